The molecular weight excluding hydrogens is 300 g/mol. The number of hydrogen-bond acceptors (Lipinski definition) is 6. The van der Waals surface area contributed by atoms with Gasteiger partial charge in [0, 0.05) is 10.5 Å². The quantitative estimate of drug-likeness (QED) is 0.490. The Balaban J connectivity index is 2.43. The fourth-order valence-corrected chi connectivity index (χ4v) is 5.87. The fourth-order valence-electron chi connectivity index (χ4n) is 0.802. The summed E-state index contributed by atoms with van der Waals surface area (Å²) in [4.78, 5) is 0. The number of rotatable bonds is 7. The molecule has 1 aromatic rings. The minimum absolute atomic E-state index is 0.595. The van der Waals surface area contributed by atoms with Gasteiger partial charge in [-0.05, 0) is 22.6 Å². The molecule has 0 aliphatic carbocycles. The van der Waals surface area contributed by atoms with Gasteiger partial charge in [-0.3, -0.25) is 0 Å². The van der Waals surface area contributed by atoms with Crippen LogP contribution in [0.2, 0.25) is 0 Å². The second kappa shape index (κ2) is 8.02. The van der Waals surface area contributed by atoms with Crippen LogP contribution >= 0.6 is 44.7 Å². The van der Waals surface area contributed by atoms with Crippen molar-refractivity contribution < 1.29 is 0 Å². The maximum atomic E-state index is 4.26. The highest BCUT2D eigenvalue weighted by Gasteiger charge is 2.14. The Morgan fingerprint density at radius 1 is 0.833 bits per heavy atom. The van der Waals surface area contributed by atoms with Gasteiger partial charge >= 0.3 is 0 Å². The highest BCUT2D eigenvalue weighted by molar-refractivity contribution is 8.77. The summed E-state index contributed by atoms with van der Waals surface area (Å²) in [6.07, 6.45) is 0. The monoisotopic (exact) mass is 322 g/mol. The Labute approximate surface area is 127 Å². The molecule has 2 nitrogen and oxygen atoms in total. The lowest BCUT2D eigenvalue weighted by Crippen LogP contribution is -2.04. The molecule has 1 rings (SSSR count). The average Bonchev–Trinajstić information content (AvgIpc) is 2.73. The van der Waals surface area contributed by atoms with E-state index in [4.69, 9.17) is 0 Å². The van der Waals surface area contributed by atoms with Gasteiger partial charge in [-0.15, -0.1) is 10.2 Å². The van der Waals surface area contributed by atoms with E-state index in [1.165, 1.54) is 0 Å². The zero-order valence-corrected chi connectivity index (χ0v) is 15.1. The van der Waals surface area contributed by atoms with E-state index in [0.29, 0.717) is 22.3 Å². The number of nitrogens with zero attached hydrogens (tertiary/aromatic N) is 2. The van der Waals surface area contributed by atoms with Crippen LogP contribution in [0.5, 0.6) is 0 Å². The average molecular weight is 323 g/mol. The van der Waals surface area contributed by atoms with Crippen molar-refractivity contribution in [1.82, 2.24) is 10.2 Å². The second-order valence-corrected chi connectivity index (χ2v) is 10.5. The Morgan fingerprint density at radius 3 is 1.94 bits per heavy atom. The third-order valence-electron chi connectivity index (χ3n) is 2.82. The first kappa shape index (κ1) is 16.7. The molecule has 0 radical (unpaired) electrons. The topological polar surface area (TPSA) is 25.8 Å². The van der Waals surface area contributed by atoms with E-state index >= 15 is 0 Å². The SMILES string of the molecule is CC(C)C(C)SSc1nnc(SC(C)C(C)C)s1. The molecule has 0 saturated carbocycles. The van der Waals surface area contributed by atoms with Gasteiger partial charge in [0.1, 0.15) is 0 Å². The van der Waals surface area contributed by atoms with Crippen molar-refractivity contribution in [3.05, 3.63) is 0 Å². The predicted octanol–water partition coefficient (Wildman–Crippen LogP) is 5.46. The van der Waals surface area contributed by atoms with Crippen molar-refractivity contribution in [1.29, 1.82) is 0 Å². The van der Waals surface area contributed by atoms with Crippen LogP contribution in [0, 0.1) is 11.8 Å². The van der Waals surface area contributed by atoms with E-state index in [0.717, 1.165) is 8.68 Å². The Morgan fingerprint density at radius 2 is 1.39 bits per heavy atom. The second-order valence-electron chi connectivity index (χ2n) is 5.03. The van der Waals surface area contributed by atoms with Crippen LogP contribution in [0.3, 0.4) is 0 Å². The summed E-state index contributed by atoms with van der Waals surface area (Å²) in [5, 5.41) is 9.75. The van der Waals surface area contributed by atoms with Gasteiger partial charge in [-0.2, -0.15) is 0 Å². The molecule has 2 atom stereocenters. The lowest BCUT2D eigenvalue weighted by Gasteiger charge is -2.12. The third kappa shape index (κ3) is 5.72. The molecule has 104 valence electrons. The summed E-state index contributed by atoms with van der Waals surface area (Å²) in [6.45, 7) is 13.5. The lowest BCUT2D eigenvalue weighted by atomic mass is 10.2. The van der Waals surface area contributed by atoms with Crippen LogP contribution in [0.25, 0.3) is 0 Å². The molecule has 18 heavy (non-hydrogen) atoms. The number of thioether (sulfide) groups is 1. The van der Waals surface area contributed by atoms with Crippen LogP contribution in [-0.4, -0.2) is 20.7 Å². The van der Waals surface area contributed by atoms with E-state index in [-0.39, 0.29) is 0 Å². The van der Waals surface area contributed by atoms with E-state index in [1.807, 2.05) is 22.6 Å². The predicted molar refractivity (Wildman–Crippen MR) is 87.8 cm³/mol. The molecule has 0 aliphatic rings. The normalized spacial score (nSPS) is 15.3. The van der Waals surface area contributed by atoms with Gasteiger partial charge in [0.15, 0.2) is 8.68 Å². The summed E-state index contributed by atoms with van der Waals surface area (Å²) in [5.74, 6) is 1.37. The summed E-state index contributed by atoms with van der Waals surface area (Å²) >= 11 is 3.55. The third-order valence-corrected chi connectivity index (χ3v) is 8.73. The number of aromatic nitrogens is 2. The zero-order valence-electron chi connectivity index (χ0n) is 11.8. The summed E-state index contributed by atoms with van der Waals surface area (Å²) in [7, 11) is 3.65. The molecule has 1 aromatic heterocycles. The van der Waals surface area contributed by atoms with E-state index in [2.05, 4.69) is 51.7 Å². The molecule has 0 aromatic carbocycles. The molecule has 1 heterocycles. The van der Waals surface area contributed by atoms with Gasteiger partial charge in [-0.25, -0.2) is 0 Å². The van der Waals surface area contributed by atoms with E-state index < -0.39 is 0 Å². The molecular formula is C12H22N2S4. The molecule has 0 spiro atoms. The molecule has 0 N–H and O–H groups in total. The van der Waals surface area contributed by atoms with Gasteiger partial charge in [0.2, 0.25) is 0 Å². The summed E-state index contributed by atoms with van der Waals surface area (Å²) in [6, 6.07) is 0. The van der Waals surface area contributed by atoms with Crippen LogP contribution in [0.1, 0.15) is 41.5 Å². The van der Waals surface area contributed by atoms with Crippen LogP contribution in [-0.2, 0) is 0 Å². The van der Waals surface area contributed by atoms with Crippen molar-refractivity contribution in [3.8, 4) is 0 Å². The molecule has 2 unspecified atom stereocenters. The van der Waals surface area contributed by atoms with E-state index in [9.17, 15) is 0 Å². The highest BCUT2D eigenvalue weighted by atomic mass is 33.1. The van der Waals surface area contributed by atoms with Crippen molar-refractivity contribution >= 4 is 44.7 Å². The highest BCUT2D eigenvalue weighted by Crippen LogP contribution is 2.40. The maximum absolute atomic E-state index is 4.26. The minimum atomic E-state index is 0.595. The van der Waals surface area contributed by atoms with Gasteiger partial charge in [-0.1, -0.05) is 75.4 Å². The van der Waals surface area contributed by atoms with Gasteiger partial charge in [0.25, 0.3) is 0 Å². The first-order valence-electron chi connectivity index (χ1n) is 6.23. The summed E-state index contributed by atoms with van der Waals surface area (Å²) < 4.78 is 2.17. The Hall–Kier alpha value is 0.610. The Bertz CT molecular complexity index is 352. The van der Waals surface area contributed by atoms with E-state index in [1.54, 1.807) is 22.1 Å². The van der Waals surface area contributed by atoms with Gasteiger partial charge in [0.05, 0.1) is 0 Å². The zero-order chi connectivity index (χ0) is 13.7. The van der Waals surface area contributed by atoms with Crippen molar-refractivity contribution in [2.24, 2.45) is 11.8 Å². The first-order valence-corrected chi connectivity index (χ1v) is 10.1. The molecule has 6 heteroatoms. The molecule has 0 aliphatic heterocycles. The molecule has 0 amide bonds. The first-order chi connectivity index (χ1) is 8.40. The summed E-state index contributed by atoms with van der Waals surface area (Å²) in [5.41, 5.74) is 0. The molecule has 0 fully saturated rings. The van der Waals surface area contributed by atoms with Crippen molar-refractivity contribution in [3.63, 3.8) is 0 Å². The largest absolute Gasteiger partial charge is 0.185 e. The molecule has 0 saturated heterocycles. The van der Waals surface area contributed by atoms with Crippen molar-refractivity contribution in [2.45, 2.75) is 60.7 Å². The van der Waals surface area contributed by atoms with Crippen LogP contribution < -0.4 is 0 Å². The maximum Gasteiger partial charge on any atom is 0.185 e. The van der Waals surface area contributed by atoms with Gasteiger partial charge < -0.3 is 0 Å². The number of hydrogen-bond donors (Lipinski definition) is 0. The smallest absolute Gasteiger partial charge is 0.131 e. The Kier molecular flexibility index (Phi) is 7.43. The van der Waals surface area contributed by atoms with Crippen molar-refractivity contribution in [2.75, 3.05) is 0 Å². The molecule has 0 bridgehead atoms. The standard InChI is InChI=1S/C12H22N2S4/c1-7(2)9(5)15-11-13-14-12(16-11)18-17-10(6)8(3)4/h7-10H,1-6H3. The van der Waals surface area contributed by atoms with Crippen LogP contribution in [0.15, 0.2) is 8.68 Å². The van der Waals surface area contributed by atoms with Crippen LogP contribution in [0.4, 0.5) is 0 Å². The lowest BCUT2D eigenvalue weighted by molar-refractivity contribution is 0.642. The fraction of sp³-hybridized carbons (Fsp3) is 0.833. The minimum Gasteiger partial charge on any atom is -0.131 e.